The van der Waals surface area contributed by atoms with Gasteiger partial charge in [-0.25, -0.2) is 4.79 Å². The Hall–Kier alpha value is -1.36. The second kappa shape index (κ2) is 6.61. The summed E-state index contributed by atoms with van der Waals surface area (Å²) < 4.78 is 0. The summed E-state index contributed by atoms with van der Waals surface area (Å²) in [5.41, 5.74) is 1.19. The molecule has 4 aliphatic rings. The van der Waals surface area contributed by atoms with Crippen LogP contribution in [0.5, 0.6) is 0 Å². The second-order valence-corrected chi connectivity index (χ2v) is 9.80. The number of ketones is 1. The van der Waals surface area contributed by atoms with Crippen LogP contribution in [0.1, 0.15) is 65.7 Å². The molecule has 0 aromatic carbocycles. The van der Waals surface area contributed by atoms with E-state index in [0.29, 0.717) is 24.8 Å². The van der Waals surface area contributed by atoms with Crippen LogP contribution in [0.2, 0.25) is 0 Å². The second-order valence-electron chi connectivity index (χ2n) is 9.80. The lowest BCUT2D eigenvalue weighted by Gasteiger charge is -2.59. The molecular weight excluding hydrogens is 340 g/mol. The maximum atomic E-state index is 12.1. The van der Waals surface area contributed by atoms with Crippen LogP contribution in [-0.4, -0.2) is 35.6 Å². The molecule has 4 aliphatic carbocycles. The topological polar surface area (TPSA) is 78.4 Å². The van der Waals surface area contributed by atoms with Crippen LogP contribution in [0, 0.1) is 28.6 Å². The zero-order chi connectivity index (χ0) is 19.4. The van der Waals surface area contributed by atoms with Gasteiger partial charge in [-0.15, -0.1) is 0 Å². The Morgan fingerprint density at radius 2 is 2.04 bits per heavy atom. The molecule has 3 N–H and O–H groups in total. The van der Waals surface area contributed by atoms with Crippen molar-refractivity contribution in [1.29, 1.82) is 0 Å². The number of carbonyl (C=O) groups excluding carboxylic acids is 2. The fourth-order valence-corrected chi connectivity index (χ4v) is 7.29. The van der Waals surface area contributed by atoms with E-state index >= 15 is 0 Å². The third-order valence-corrected chi connectivity index (χ3v) is 8.54. The van der Waals surface area contributed by atoms with E-state index in [-0.39, 0.29) is 40.7 Å². The minimum Gasteiger partial charge on any atom is -0.393 e. The van der Waals surface area contributed by atoms with Gasteiger partial charge in [-0.05, 0) is 80.1 Å². The summed E-state index contributed by atoms with van der Waals surface area (Å²) in [6.07, 6.45) is 7.90. The summed E-state index contributed by atoms with van der Waals surface area (Å²) in [7, 11) is 0. The van der Waals surface area contributed by atoms with Gasteiger partial charge >= 0.3 is 6.03 Å². The van der Waals surface area contributed by atoms with Gasteiger partial charge in [0, 0.05) is 19.0 Å². The predicted molar refractivity (Wildman–Crippen MR) is 104 cm³/mol. The normalized spacial score (nSPS) is 46.0. The molecule has 5 heteroatoms. The smallest absolute Gasteiger partial charge is 0.315 e. The zero-order valence-corrected chi connectivity index (χ0v) is 16.9. The van der Waals surface area contributed by atoms with E-state index in [1.54, 1.807) is 0 Å². The van der Waals surface area contributed by atoms with Crippen LogP contribution >= 0.6 is 0 Å². The lowest BCUT2D eigenvalue weighted by molar-refractivity contribution is -0.129. The summed E-state index contributed by atoms with van der Waals surface area (Å²) in [6, 6.07) is 0.0370. The Labute approximate surface area is 162 Å². The number of hydrogen-bond donors (Lipinski definition) is 3. The number of fused-ring (bicyclic) bond motifs is 5. The maximum Gasteiger partial charge on any atom is 0.315 e. The fourth-order valence-electron chi connectivity index (χ4n) is 7.29. The van der Waals surface area contributed by atoms with Gasteiger partial charge in [0.05, 0.1) is 6.10 Å². The molecule has 0 aromatic rings. The molecule has 5 nitrogen and oxygen atoms in total. The van der Waals surface area contributed by atoms with Crippen LogP contribution in [0.25, 0.3) is 0 Å². The number of allylic oxidation sites excluding steroid dienone is 1. The molecule has 2 amide bonds. The van der Waals surface area contributed by atoms with Gasteiger partial charge in [0.15, 0.2) is 5.78 Å². The number of carbonyl (C=O) groups is 2. The van der Waals surface area contributed by atoms with Gasteiger partial charge in [-0.3, -0.25) is 4.79 Å². The summed E-state index contributed by atoms with van der Waals surface area (Å²) >= 11 is 0. The van der Waals surface area contributed by atoms with E-state index in [4.69, 9.17) is 0 Å². The molecule has 150 valence electrons. The molecule has 0 aliphatic heterocycles. The lowest BCUT2D eigenvalue weighted by Crippen LogP contribution is -2.59. The van der Waals surface area contributed by atoms with E-state index in [2.05, 4.69) is 24.5 Å². The fraction of sp³-hybridized carbons (Fsp3) is 0.818. The number of urea groups is 1. The van der Waals surface area contributed by atoms with Crippen molar-refractivity contribution in [2.75, 3.05) is 6.54 Å². The van der Waals surface area contributed by atoms with Crippen molar-refractivity contribution in [3.05, 3.63) is 11.6 Å². The molecule has 3 saturated carbocycles. The SMILES string of the molecule is CCNC(=O)N[C@H]1CCC2C3CCC4=CC(=O)CC[C@]4(C)C3[C@@H](O)C[C@@]21C. The summed E-state index contributed by atoms with van der Waals surface area (Å²) in [6.45, 7) is 7.11. The van der Waals surface area contributed by atoms with Crippen molar-refractivity contribution in [3.8, 4) is 0 Å². The third kappa shape index (κ3) is 2.84. The van der Waals surface area contributed by atoms with Crippen LogP contribution in [-0.2, 0) is 4.79 Å². The molecule has 0 heterocycles. The average Bonchev–Trinajstić information content (AvgIpc) is 2.91. The Kier molecular flexibility index (Phi) is 4.65. The van der Waals surface area contributed by atoms with Crippen molar-refractivity contribution in [2.45, 2.75) is 77.9 Å². The highest BCUT2D eigenvalue weighted by Crippen LogP contribution is 2.65. The molecule has 27 heavy (non-hydrogen) atoms. The van der Waals surface area contributed by atoms with E-state index in [9.17, 15) is 14.7 Å². The van der Waals surface area contributed by atoms with Crippen molar-refractivity contribution in [3.63, 3.8) is 0 Å². The minimum atomic E-state index is -0.366. The molecular formula is C22H34N2O3. The monoisotopic (exact) mass is 374 g/mol. The van der Waals surface area contributed by atoms with E-state index in [1.165, 1.54) is 5.57 Å². The number of nitrogens with one attached hydrogen (secondary N) is 2. The van der Waals surface area contributed by atoms with Gasteiger partial charge in [-0.1, -0.05) is 19.4 Å². The van der Waals surface area contributed by atoms with E-state index < -0.39 is 0 Å². The summed E-state index contributed by atoms with van der Waals surface area (Å²) in [5, 5.41) is 17.3. The van der Waals surface area contributed by atoms with Crippen molar-refractivity contribution in [2.24, 2.45) is 28.6 Å². The largest absolute Gasteiger partial charge is 0.393 e. The Balaban J connectivity index is 1.61. The first-order valence-electron chi connectivity index (χ1n) is 10.8. The van der Waals surface area contributed by atoms with Gasteiger partial charge in [0.2, 0.25) is 0 Å². The summed E-state index contributed by atoms with van der Waals surface area (Å²) in [5.74, 6) is 1.51. The molecule has 0 spiro atoms. The first-order chi connectivity index (χ1) is 12.8. The third-order valence-electron chi connectivity index (χ3n) is 8.54. The van der Waals surface area contributed by atoms with Crippen LogP contribution in [0.4, 0.5) is 4.79 Å². The number of aliphatic hydroxyl groups excluding tert-OH is 1. The maximum absolute atomic E-state index is 12.1. The quantitative estimate of drug-likeness (QED) is 0.695. The first kappa shape index (κ1) is 19.0. The van der Waals surface area contributed by atoms with Gasteiger partial charge < -0.3 is 15.7 Å². The Morgan fingerprint density at radius 3 is 2.78 bits per heavy atom. The van der Waals surface area contributed by atoms with E-state index in [0.717, 1.165) is 38.5 Å². The highest BCUT2D eigenvalue weighted by molar-refractivity contribution is 5.91. The van der Waals surface area contributed by atoms with Gasteiger partial charge in [0.25, 0.3) is 0 Å². The molecule has 3 fully saturated rings. The molecule has 4 rings (SSSR count). The number of aliphatic hydroxyl groups is 1. The van der Waals surface area contributed by atoms with Crippen molar-refractivity contribution < 1.29 is 14.7 Å². The van der Waals surface area contributed by atoms with Crippen LogP contribution in [0.15, 0.2) is 11.6 Å². The average molecular weight is 375 g/mol. The number of rotatable bonds is 2. The zero-order valence-electron chi connectivity index (χ0n) is 16.9. The first-order valence-corrected chi connectivity index (χ1v) is 10.8. The van der Waals surface area contributed by atoms with Crippen molar-refractivity contribution in [1.82, 2.24) is 10.6 Å². The highest BCUT2D eigenvalue weighted by Gasteiger charge is 2.62. The van der Waals surface area contributed by atoms with Crippen LogP contribution in [0.3, 0.4) is 0 Å². The molecule has 0 saturated heterocycles. The summed E-state index contributed by atoms with van der Waals surface area (Å²) in [4.78, 5) is 24.1. The molecule has 7 atom stereocenters. The molecule has 0 bridgehead atoms. The lowest BCUT2D eigenvalue weighted by atomic mass is 9.46. The number of amides is 2. The van der Waals surface area contributed by atoms with Crippen LogP contribution < -0.4 is 10.6 Å². The molecule has 0 aromatic heterocycles. The molecule has 3 unspecified atom stereocenters. The standard InChI is InChI=1S/C22H34N2O3/c1-4-23-20(27)24-18-8-7-16-15-6-5-13-11-14(25)9-10-21(13,2)19(15)17(26)12-22(16,18)3/h11,15-19,26H,4-10,12H2,1-3H3,(H2,23,24,27)/t15?,16?,17-,18-,19?,21-,22-/m0/s1. The Bertz CT molecular complexity index is 674. The number of hydrogen-bond acceptors (Lipinski definition) is 3. The van der Waals surface area contributed by atoms with Crippen molar-refractivity contribution >= 4 is 11.8 Å². The minimum absolute atomic E-state index is 0.0390. The Morgan fingerprint density at radius 1 is 1.26 bits per heavy atom. The van der Waals surface area contributed by atoms with Gasteiger partial charge in [-0.2, -0.15) is 0 Å². The van der Waals surface area contributed by atoms with Gasteiger partial charge in [0.1, 0.15) is 0 Å². The highest BCUT2D eigenvalue weighted by atomic mass is 16.3. The van der Waals surface area contributed by atoms with E-state index in [1.807, 2.05) is 13.0 Å². The predicted octanol–water partition coefficient (Wildman–Crippen LogP) is 3.18. The molecule has 0 radical (unpaired) electrons.